The summed E-state index contributed by atoms with van der Waals surface area (Å²) in [6, 6.07) is 0. The van der Waals surface area contributed by atoms with Crippen molar-refractivity contribution in [2.24, 2.45) is 0 Å². The zero-order chi connectivity index (χ0) is 12.3. The molecule has 2 unspecified atom stereocenters. The molecule has 0 aromatic heterocycles. The second kappa shape index (κ2) is 5.33. The summed E-state index contributed by atoms with van der Waals surface area (Å²) in [5.74, 6) is -0.847. The summed E-state index contributed by atoms with van der Waals surface area (Å²) in [6.07, 6.45) is 4.32. The molecule has 1 aliphatic heterocycles. The topological polar surface area (TPSA) is 67.8 Å². The van der Waals surface area contributed by atoms with Crippen LogP contribution in [0.2, 0.25) is 0 Å². The Kier molecular flexibility index (Phi) is 4.01. The van der Waals surface area contributed by atoms with Crippen LogP contribution in [0, 0.1) is 0 Å². The average Bonchev–Trinajstić information content (AvgIpc) is 2.71. The Labute approximate surface area is 101 Å². The van der Waals surface area contributed by atoms with Crippen LogP contribution in [0.4, 0.5) is 0 Å². The van der Waals surface area contributed by atoms with Crippen LogP contribution >= 0.6 is 0 Å². The highest BCUT2D eigenvalue weighted by atomic mass is 16.5. The average molecular weight is 243 g/mol. The molecule has 0 bridgehead atoms. The molecule has 2 aliphatic rings. The summed E-state index contributed by atoms with van der Waals surface area (Å²) >= 11 is 0. The molecule has 1 heterocycles. The van der Waals surface area contributed by atoms with Gasteiger partial charge in [0.15, 0.2) is 6.10 Å². The van der Waals surface area contributed by atoms with Crippen molar-refractivity contribution in [3.05, 3.63) is 0 Å². The fourth-order valence-electron chi connectivity index (χ4n) is 2.52. The fraction of sp³-hybridized carbons (Fsp3) is 0.917. The van der Waals surface area contributed by atoms with Crippen molar-refractivity contribution in [3.8, 4) is 0 Å². The lowest BCUT2D eigenvalue weighted by atomic mass is 9.80. The third-order valence-electron chi connectivity index (χ3n) is 3.90. The molecular weight excluding hydrogens is 222 g/mol. The number of aliphatic carboxylic acids is 1. The monoisotopic (exact) mass is 243 g/mol. The highest BCUT2D eigenvalue weighted by Crippen LogP contribution is 2.34. The van der Waals surface area contributed by atoms with Crippen LogP contribution in [0.1, 0.15) is 32.1 Å². The number of methoxy groups -OCH3 is 1. The summed E-state index contributed by atoms with van der Waals surface area (Å²) in [4.78, 5) is 10.7. The number of hydrogen-bond donors (Lipinski definition) is 2. The molecule has 2 atom stereocenters. The first-order valence-corrected chi connectivity index (χ1v) is 6.29. The minimum Gasteiger partial charge on any atom is -0.479 e. The van der Waals surface area contributed by atoms with Gasteiger partial charge in [0.1, 0.15) is 0 Å². The van der Waals surface area contributed by atoms with Gasteiger partial charge in [-0.25, -0.2) is 4.79 Å². The summed E-state index contributed by atoms with van der Waals surface area (Å²) in [5.41, 5.74) is 0.0187. The van der Waals surface area contributed by atoms with E-state index in [2.05, 4.69) is 5.32 Å². The van der Waals surface area contributed by atoms with Crippen molar-refractivity contribution >= 4 is 5.97 Å². The second-order valence-corrected chi connectivity index (χ2v) is 5.03. The van der Waals surface area contributed by atoms with Crippen LogP contribution in [-0.2, 0) is 14.3 Å². The molecule has 98 valence electrons. The van der Waals surface area contributed by atoms with Crippen LogP contribution in [0.5, 0.6) is 0 Å². The van der Waals surface area contributed by atoms with Gasteiger partial charge in [-0.15, -0.1) is 0 Å². The maximum atomic E-state index is 10.7. The molecule has 2 N–H and O–H groups in total. The summed E-state index contributed by atoms with van der Waals surface area (Å²) in [5, 5.41) is 12.1. The van der Waals surface area contributed by atoms with E-state index in [0.717, 1.165) is 32.4 Å². The van der Waals surface area contributed by atoms with E-state index in [9.17, 15) is 4.79 Å². The van der Waals surface area contributed by atoms with Gasteiger partial charge in [0.2, 0.25) is 0 Å². The minimum atomic E-state index is -0.847. The first-order valence-electron chi connectivity index (χ1n) is 6.29. The van der Waals surface area contributed by atoms with Gasteiger partial charge in [0.25, 0.3) is 0 Å². The van der Waals surface area contributed by atoms with Crippen LogP contribution in [-0.4, -0.2) is 49.1 Å². The van der Waals surface area contributed by atoms with Crippen LogP contribution in [0.25, 0.3) is 0 Å². The van der Waals surface area contributed by atoms with Crippen molar-refractivity contribution in [3.63, 3.8) is 0 Å². The van der Waals surface area contributed by atoms with Gasteiger partial charge in [0, 0.05) is 20.2 Å². The predicted octanol–water partition coefficient (Wildman–Crippen LogP) is 0.777. The van der Waals surface area contributed by atoms with Crippen LogP contribution in [0.3, 0.4) is 0 Å². The van der Waals surface area contributed by atoms with Gasteiger partial charge in [-0.1, -0.05) is 0 Å². The van der Waals surface area contributed by atoms with E-state index < -0.39 is 12.1 Å². The summed E-state index contributed by atoms with van der Waals surface area (Å²) in [6.45, 7) is 1.55. The highest BCUT2D eigenvalue weighted by molar-refractivity contribution is 5.72. The number of rotatable bonds is 6. The Hall–Kier alpha value is -0.650. The highest BCUT2D eigenvalue weighted by Gasteiger charge is 2.37. The lowest BCUT2D eigenvalue weighted by molar-refractivity contribution is -0.149. The maximum Gasteiger partial charge on any atom is 0.332 e. The van der Waals surface area contributed by atoms with E-state index in [1.807, 2.05) is 0 Å². The molecular formula is C12H21NO4. The van der Waals surface area contributed by atoms with Gasteiger partial charge in [-0.05, 0) is 32.1 Å². The first kappa shape index (κ1) is 12.8. The molecule has 17 heavy (non-hydrogen) atoms. The third kappa shape index (κ3) is 2.97. The van der Waals surface area contributed by atoms with E-state index >= 15 is 0 Å². The van der Waals surface area contributed by atoms with Gasteiger partial charge in [-0.2, -0.15) is 0 Å². The van der Waals surface area contributed by atoms with Crippen molar-refractivity contribution in [2.75, 3.05) is 20.2 Å². The molecule has 1 saturated carbocycles. The summed E-state index contributed by atoms with van der Waals surface area (Å²) in [7, 11) is 1.76. The quantitative estimate of drug-likeness (QED) is 0.721. The number of carboxylic acids is 1. The van der Waals surface area contributed by atoms with Crippen LogP contribution < -0.4 is 5.32 Å². The third-order valence-corrected chi connectivity index (χ3v) is 3.90. The number of carboxylic acid groups (broad SMARTS) is 1. The zero-order valence-corrected chi connectivity index (χ0v) is 10.3. The minimum absolute atomic E-state index is 0.0187. The van der Waals surface area contributed by atoms with Gasteiger partial charge in [-0.3, -0.25) is 0 Å². The first-order chi connectivity index (χ1) is 8.15. The SMILES string of the molecule is COC1(CNCC2CCC(C(=O)O)O2)CCC1. The Balaban J connectivity index is 1.64. The number of carbonyl (C=O) groups is 1. The zero-order valence-electron chi connectivity index (χ0n) is 10.3. The van der Waals surface area contributed by atoms with Gasteiger partial charge < -0.3 is 19.9 Å². The molecule has 1 saturated heterocycles. The Morgan fingerprint density at radius 3 is 2.76 bits per heavy atom. The molecule has 0 radical (unpaired) electrons. The standard InChI is InChI=1S/C12H21NO4/c1-16-12(5-2-6-12)8-13-7-9-3-4-10(17-9)11(14)15/h9-10,13H,2-8H2,1H3,(H,14,15). The second-order valence-electron chi connectivity index (χ2n) is 5.03. The van der Waals surface area contributed by atoms with Crippen LogP contribution in [0.15, 0.2) is 0 Å². The number of ether oxygens (including phenoxy) is 2. The molecule has 5 heteroatoms. The molecule has 1 aliphatic carbocycles. The molecule has 0 aromatic rings. The van der Waals surface area contributed by atoms with E-state index in [1.54, 1.807) is 7.11 Å². The lowest BCUT2D eigenvalue weighted by Gasteiger charge is -2.40. The maximum absolute atomic E-state index is 10.7. The van der Waals surface area contributed by atoms with Crippen molar-refractivity contribution in [1.82, 2.24) is 5.32 Å². The largest absolute Gasteiger partial charge is 0.479 e. The molecule has 2 rings (SSSR count). The van der Waals surface area contributed by atoms with Crippen molar-refractivity contribution in [1.29, 1.82) is 0 Å². The lowest BCUT2D eigenvalue weighted by Crippen LogP contribution is -2.49. The molecule has 0 spiro atoms. The van der Waals surface area contributed by atoms with E-state index in [-0.39, 0.29) is 11.7 Å². The molecule has 0 aromatic carbocycles. The number of hydrogen-bond acceptors (Lipinski definition) is 4. The molecule has 2 fully saturated rings. The Morgan fingerprint density at radius 1 is 1.53 bits per heavy atom. The Morgan fingerprint density at radius 2 is 2.29 bits per heavy atom. The smallest absolute Gasteiger partial charge is 0.332 e. The Bertz CT molecular complexity index is 272. The van der Waals surface area contributed by atoms with E-state index in [4.69, 9.17) is 14.6 Å². The van der Waals surface area contributed by atoms with Crippen molar-refractivity contribution in [2.45, 2.75) is 49.9 Å². The number of nitrogens with one attached hydrogen (secondary N) is 1. The molecule has 0 amide bonds. The normalized spacial score (nSPS) is 31.1. The van der Waals surface area contributed by atoms with Gasteiger partial charge in [0.05, 0.1) is 11.7 Å². The molecule has 5 nitrogen and oxygen atoms in total. The van der Waals surface area contributed by atoms with Crippen molar-refractivity contribution < 1.29 is 19.4 Å². The summed E-state index contributed by atoms with van der Waals surface area (Å²) < 4.78 is 10.9. The predicted molar refractivity (Wildman–Crippen MR) is 62.0 cm³/mol. The van der Waals surface area contributed by atoms with E-state index in [0.29, 0.717) is 6.42 Å². The van der Waals surface area contributed by atoms with E-state index in [1.165, 1.54) is 6.42 Å². The van der Waals surface area contributed by atoms with Gasteiger partial charge >= 0.3 is 5.97 Å². The fourth-order valence-corrected chi connectivity index (χ4v) is 2.52.